The number of halogens is 3. The number of aryl methyl sites for hydroxylation is 1. The highest BCUT2D eigenvalue weighted by Crippen LogP contribution is 2.26. The molecule has 0 radical (unpaired) electrons. The fourth-order valence-electron chi connectivity index (χ4n) is 1.25. The van der Waals surface area contributed by atoms with Gasteiger partial charge in [0.1, 0.15) is 19.0 Å². The third kappa shape index (κ3) is 3.99. The first kappa shape index (κ1) is 15.0. The van der Waals surface area contributed by atoms with Crippen LogP contribution in [-0.2, 0) is 21.0 Å². The van der Waals surface area contributed by atoms with Crippen LogP contribution in [0.3, 0.4) is 0 Å². The number of rotatable bonds is 4. The molecule has 1 heterocycles. The molecule has 0 aliphatic rings. The molecule has 5 nitrogen and oxygen atoms in total. The van der Waals surface area contributed by atoms with Crippen molar-refractivity contribution in [1.29, 1.82) is 0 Å². The quantitative estimate of drug-likeness (QED) is 0.625. The lowest BCUT2D eigenvalue weighted by molar-refractivity contribution is -0.698. The Kier molecular flexibility index (Phi) is 4.71. The summed E-state index contributed by atoms with van der Waals surface area (Å²) in [7, 11) is -3.97. The van der Waals surface area contributed by atoms with Crippen LogP contribution in [0.4, 0.5) is 0 Å². The standard InChI is InChI=1S/C8H12Cl3N2O3S/c1-3-12-4-5-13(7(12)2)17(14,15)16-6-8(9,10)11/h4-5H,3,6H2,1-2H3/q+1. The van der Waals surface area contributed by atoms with Gasteiger partial charge in [0.25, 0.3) is 5.82 Å². The topological polar surface area (TPSA) is 52.2 Å². The van der Waals surface area contributed by atoms with Crippen LogP contribution in [0.15, 0.2) is 12.4 Å². The molecule has 0 amide bonds. The summed E-state index contributed by atoms with van der Waals surface area (Å²) in [5.74, 6) is 0.511. The van der Waals surface area contributed by atoms with Crippen LogP contribution in [0.25, 0.3) is 0 Å². The Morgan fingerprint density at radius 2 is 2.06 bits per heavy atom. The Hall–Kier alpha value is -0.0100. The zero-order valence-corrected chi connectivity index (χ0v) is 12.3. The summed E-state index contributed by atoms with van der Waals surface area (Å²) in [6, 6.07) is 0. The summed E-state index contributed by atoms with van der Waals surface area (Å²) < 4.78 is 29.2. The minimum Gasteiger partial charge on any atom is -0.234 e. The molecule has 0 atom stereocenters. The van der Waals surface area contributed by atoms with E-state index in [2.05, 4.69) is 4.18 Å². The summed E-state index contributed by atoms with van der Waals surface area (Å²) in [5, 5.41) is 0. The van der Waals surface area contributed by atoms with Crippen molar-refractivity contribution in [3.8, 4) is 0 Å². The van der Waals surface area contributed by atoms with E-state index in [0.717, 1.165) is 3.97 Å². The predicted octanol–water partition coefficient (Wildman–Crippen LogP) is 1.58. The lowest BCUT2D eigenvalue weighted by Gasteiger charge is -2.09. The van der Waals surface area contributed by atoms with E-state index in [1.54, 1.807) is 17.7 Å². The SMILES string of the molecule is CC[n+]1ccn(S(=O)(=O)OCC(Cl)(Cl)Cl)c1C. The van der Waals surface area contributed by atoms with Crippen LogP contribution in [-0.4, -0.2) is 22.8 Å². The number of alkyl halides is 3. The number of hydrogen-bond donors (Lipinski definition) is 0. The molecule has 98 valence electrons. The van der Waals surface area contributed by atoms with Crippen molar-refractivity contribution >= 4 is 45.1 Å². The number of aromatic nitrogens is 2. The van der Waals surface area contributed by atoms with Crippen molar-refractivity contribution in [2.75, 3.05) is 6.61 Å². The summed E-state index contributed by atoms with van der Waals surface area (Å²) in [6.07, 6.45) is 3.01. The Bertz CT molecular complexity index is 493. The minimum atomic E-state index is -3.97. The average Bonchev–Trinajstić information content (AvgIpc) is 2.56. The van der Waals surface area contributed by atoms with Gasteiger partial charge in [-0.15, -0.1) is 0 Å². The third-order valence-electron chi connectivity index (χ3n) is 2.07. The Labute approximate surface area is 115 Å². The van der Waals surface area contributed by atoms with Gasteiger partial charge in [0.2, 0.25) is 3.79 Å². The monoisotopic (exact) mass is 321 g/mol. The van der Waals surface area contributed by atoms with E-state index < -0.39 is 20.7 Å². The molecule has 17 heavy (non-hydrogen) atoms. The van der Waals surface area contributed by atoms with Crippen molar-refractivity contribution in [2.24, 2.45) is 0 Å². The number of nitrogens with zero attached hydrogens (tertiary/aromatic N) is 2. The van der Waals surface area contributed by atoms with Crippen molar-refractivity contribution in [3.63, 3.8) is 0 Å². The van der Waals surface area contributed by atoms with Gasteiger partial charge in [0.15, 0.2) is 0 Å². The van der Waals surface area contributed by atoms with E-state index in [0.29, 0.717) is 12.4 Å². The normalized spacial score (nSPS) is 13.0. The zero-order valence-electron chi connectivity index (χ0n) is 9.23. The van der Waals surface area contributed by atoms with E-state index in [1.807, 2.05) is 6.92 Å². The molecule has 9 heteroatoms. The Morgan fingerprint density at radius 1 is 1.47 bits per heavy atom. The van der Waals surface area contributed by atoms with Crippen molar-refractivity contribution < 1.29 is 17.2 Å². The second-order valence-corrected chi connectivity index (χ2v) is 7.26. The van der Waals surface area contributed by atoms with E-state index in [4.69, 9.17) is 34.8 Å². The maximum absolute atomic E-state index is 11.8. The molecule has 1 aromatic rings. The van der Waals surface area contributed by atoms with Gasteiger partial charge >= 0.3 is 10.3 Å². The van der Waals surface area contributed by atoms with Crippen molar-refractivity contribution in [3.05, 3.63) is 18.2 Å². The maximum atomic E-state index is 11.8. The molecule has 0 bridgehead atoms. The molecular weight excluding hydrogens is 311 g/mol. The van der Waals surface area contributed by atoms with Gasteiger partial charge in [-0.2, -0.15) is 8.42 Å². The molecule has 0 spiro atoms. The molecule has 0 aliphatic carbocycles. The first-order valence-electron chi connectivity index (χ1n) is 4.71. The van der Waals surface area contributed by atoms with Crippen LogP contribution in [0, 0.1) is 6.92 Å². The molecule has 1 aromatic heterocycles. The smallest absolute Gasteiger partial charge is 0.234 e. The second-order valence-electron chi connectivity index (χ2n) is 3.26. The highest BCUT2D eigenvalue weighted by molar-refractivity contribution is 7.85. The summed E-state index contributed by atoms with van der Waals surface area (Å²) in [4.78, 5) is 0. The summed E-state index contributed by atoms with van der Waals surface area (Å²) in [5.41, 5.74) is 0. The van der Waals surface area contributed by atoms with Crippen LogP contribution < -0.4 is 4.57 Å². The van der Waals surface area contributed by atoms with Gasteiger partial charge in [-0.25, -0.2) is 8.75 Å². The summed E-state index contributed by atoms with van der Waals surface area (Å²) in [6.45, 7) is 3.66. The van der Waals surface area contributed by atoms with Crippen LogP contribution in [0.1, 0.15) is 12.7 Å². The van der Waals surface area contributed by atoms with E-state index in [9.17, 15) is 8.42 Å². The molecule has 0 N–H and O–H groups in total. The first-order chi connectivity index (χ1) is 7.67. The summed E-state index contributed by atoms with van der Waals surface area (Å²) >= 11 is 16.3. The van der Waals surface area contributed by atoms with E-state index in [1.165, 1.54) is 6.20 Å². The Morgan fingerprint density at radius 3 is 2.47 bits per heavy atom. The average molecular weight is 323 g/mol. The maximum Gasteiger partial charge on any atom is 0.442 e. The molecule has 0 aromatic carbocycles. The first-order valence-corrected chi connectivity index (χ1v) is 7.21. The lowest BCUT2D eigenvalue weighted by Crippen LogP contribution is -2.35. The predicted molar refractivity (Wildman–Crippen MR) is 65.6 cm³/mol. The molecule has 1 rings (SSSR count). The van der Waals surface area contributed by atoms with Gasteiger partial charge < -0.3 is 0 Å². The molecule has 0 unspecified atom stereocenters. The third-order valence-corrected chi connectivity index (χ3v) is 3.68. The largest absolute Gasteiger partial charge is 0.442 e. The Balaban J connectivity index is 2.94. The number of imidazole rings is 1. The van der Waals surface area contributed by atoms with Gasteiger partial charge in [-0.3, -0.25) is 0 Å². The highest BCUT2D eigenvalue weighted by Gasteiger charge is 2.30. The van der Waals surface area contributed by atoms with Gasteiger partial charge in [0.05, 0.1) is 6.54 Å². The van der Waals surface area contributed by atoms with Crippen molar-refractivity contribution in [2.45, 2.75) is 24.2 Å². The molecule has 0 saturated heterocycles. The van der Waals surface area contributed by atoms with Gasteiger partial charge in [-0.1, -0.05) is 38.8 Å². The van der Waals surface area contributed by atoms with Crippen LogP contribution in [0.2, 0.25) is 0 Å². The fourth-order valence-corrected chi connectivity index (χ4v) is 2.68. The van der Waals surface area contributed by atoms with Crippen LogP contribution in [0.5, 0.6) is 0 Å². The van der Waals surface area contributed by atoms with Gasteiger partial charge in [0, 0.05) is 6.92 Å². The minimum absolute atomic E-state index is 0.511. The molecule has 0 fully saturated rings. The fraction of sp³-hybridized carbons (Fsp3) is 0.625. The zero-order chi connectivity index (χ0) is 13.3. The van der Waals surface area contributed by atoms with E-state index in [-0.39, 0.29) is 0 Å². The molecular formula is C8H12Cl3N2O3S+. The highest BCUT2D eigenvalue weighted by atomic mass is 35.6. The molecule has 0 saturated carbocycles. The van der Waals surface area contributed by atoms with Gasteiger partial charge in [-0.05, 0) is 6.92 Å². The van der Waals surface area contributed by atoms with Crippen LogP contribution >= 0.6 is 34.8 Å². The second kappa shape index (κ2) is 5.32. The van der Waals surface area contributed by atoms with Crippen molar-refractivity contribution in [1.82, 2.24) is 3.97 Å². The number of hydrogen-bond acceptors (Lipinski definition) is 3. The lowest BCUT2D eigenvalue weighted by atomic mass is 10.6. The molecule has 0 aliphatic heterocycles. The van der Waals surface area contributed by atoms with E-state index >= 15 is 0 Å².